The Balaban J connectivity index is 1.37. The Morgan fingerprint density at radius 2 is 1.90 bits per heavy atom. The maximum absolute atomic E-state index is 12.8. The molecule has 0 unspecified atom stereocenters. The number of benzene rings is 2. The van der Waals surface area contributed by atoms with Gasteiger partial charge in [0.25, 0.3) is 0 Å². The van der Waals surface area contributed by atoms with E-state index in [4.69, 9.17) is 4.98 Å². The van der Waals surface area contributed by atoms with E-state index in [9.17, 15) is 4.79 Å². The lowest BCUT2D eigenvalue weighted by Crippen LogP contribution is -2.42. The van der Waals surface area contributed by atoms with Gasteiger partial charge in [-0.15, -0.1) is 11.3 Å². The number of carbonyl (C=O) groups excluding carboxylic acids is 1. The molecular formula is C25H30N4OS. The number of thiazole rings is 1. The maximum Gasteiger partial charge on any atom is 0.227 e. The predicted octanol–water partition coefficient (Wildman–Crippen LogP) is 4.89. The van der Waals surface area contributed by atoms with Gasteiger partial charge in [-0.1, -0.05) is 37.5 Å². The maximum atomic E-state index is 12.8. The standard InChI is InChI=1S/C25H30N4OS/c30-24(19-6-2-1-3-7-19)27-21-9-5-4-8-20(21)25-28-22-11-10-18(16-23(22)31-25)17-29-14-12-26-13-15-29/h4-5,8-11,16,19,26H,1-3,6-7,12-15,17H2,(H,27,30). The number of nitrogens with zero attached hydrogens (tertiary/aromatic N) is 2. The zero-order chi connectivity index (χ0) is 21.0. The molecule has 0 radical (unpaired) electrons. The Kier molecular flexibility index (Phi) is 6.30. The van der Waals surface area contributed by atoms with E-state index in [2.05, 4.69) is 39.8 Å². The van der Waals surface area contributed by atoms with Gasteiger partial charge < -0.3 is 10.6 Å². The van der Waals surface area contributed by atoms with Crippen molar-refractivity contribution in [3.8, 4) is 10.6 Å². The van der Waals surface area contributed by atoms with Gasteiger partial charge in [-0.05, 0) is 42.7 Å². The summed E-state index contributed by atoms with van der Waals surface area (Å²) in [4.78, 5) is 20.2. The second kappa shape index (κ2) is 9.47. The van der Waals surface area contributed by atoms with E-state index in [0.717, 1.165) is 80.2 Å². The van der Waals surface area contributed by atoms with Crippen LogP contribution in [0.3, 0.4) is 0 Å². The van der Waals surface area contributed by atoms with Crippen molar-refractivity contribution in [1.29, 1.82) is 0 Å². The lowest BCUT2D eigenvalue weighted by molar-refractivity contribution is -0.120. The highest BCUT2D eigenvalue weighted by atomic mass is 32.1. The molecule has 1 aromatic heterocycles. The molecule has 1 aliphatic heterocycles. The molecule has 2 aliphatic rings. The van der Waals surface area contributed by atoms with Crippen LogP contribution >= 0.6 is 11.3 Å². The molecular weight excluding hydrogens is 404 g/mol. The molecule has 162 valence electrons. The van der Waals surface area contributed by atoms with E-state index in [-0.39, 0.29) is 11.8 Å². The van der Waals surface area contributed by atoms with Crippen LogP contribution in [0.4, 0.5) is 5.69 Å². The molecule has 2 aromatic carbocycles. The lowest BCUT2D eigenvalue weighted by Gasteiger charge is -2.27. The van der Waals surface area contributed by atoms with Crippen LogP contribution in [-0.4, -0.2) is 42.0 Å². The van der Waals surface area contributed by atoms with Crippen molar-refractivity contribution in [2.24, 2.45) is 5.92 Å². The molecule has 2 fully saturated rings. The summed E-state index contributed by atoms with van der Waals surface area (Å²) in [6.07, 6.45) is 5.58. The minimum absolute atomic E-state index is 0.143. The van der Waals surface area contributed by atoms with Crippen molar-refractivity contribution in [2.75, 3.05) is 31.5 Å². The summed E-state index contributed by atoms with van der Waals surface area (Å²) in [7, 11) is 0. The summed E-state index contributed by atoms with van der Waals surface area (Å²) in [6, 6.07) is 14.7. The normalized spacial score (nSPS) is 18.3. The molecule has 0 bridgehead atoms. The van der Waals surface area contributed by atoms with Crippen molar-refractivity contribution < 1.29 is 4.79 Å². The van der Waals surface area contributed by atoms with Crippen LogP contribution < -0.4 is 10.6 Å². The third-order valence-corrected chi connectivity index (χ3v) is 7.51. The van der Waals surface area contributed by atoms with Gasteiger partial charge in [-0.2, -0.15) is 0 Å². The zero-order valence-corrected chi connectivity index (χ0v) is 18.7. The van der Waals surface area contributed by atoms with Gasteiger partial charge in [0, 0.05) is 44.2 Å². The molecule has 0 atom stereocenters. The molecule has 1 saturated carbocycles. The Bertz CT molecular complexity index is 1050. The van der Waals surface area contributed by atoms with Crippen molar-refractivity contribution in [3.63, 3.8) is 0 Å². The number of anilines is 1. The van der Waals surface area contributed by atoms with Crippen LogP contribution in [0, 0.1) is 5.92 Å². The highest BCUT2D eigenvalue weighted by Gasteiger charge is 2.22. The molecule has 1 saturated heterocycles. The molecule has 31 heavy (non-hydrogen) atoms. The lowest BCUT2D eigenvalue weighted by atomic mass is 9.88. The van der Waals surface area contributed by atoms with Crippen LogP contribution in [0.25, 0.3) is 20.8 Å². The molecule has 1 aliphatic carbocycles. The van der Waals surface area contributed by atoms with Gasteiger partial charge in [0.2, 0.25) is 5.91 Å². The number of fused-ring (bicyclic) bond motifs is 1. The number of hydrogen-bond donors (Lipinski definition) is 2. The van der Waals surface area contributed by atoms with Crippen molar-refractivity contribution in [2.45, 2.75) is 38.6 Å². The average molecular weight is 435 g/mol. The van der Waals surface area contributed by atoms with E-state index >= 15 is 0 Å². The predicted molar refractivity (Wildman–Crippen MR) is 128 cm³/mol. The first-order valence-corrected chi connectivity index (χ1v) is 12.3. The first-order valence-electron chi connectivity index (χ1n) is 11.5. The van der Waals surface area contributed by atoms with Crippen molar-refractivity contribution in [1.82, 2.24) is 15.2 Å². The van der Waals surface area contributed by atoms with Gasteiger partial charge in [0.05, 0.1) is 15.9 Å². The van der Waals surface area contributed by atoms with Gasteiger partial charge in [-0.25, -0.2) is 4.98 Å². The summed E-state index contributed by atoms with van der Waals surface area (Å²) in [5.41, 5.74) is 4.25. The molecule has 6 heteroatoms. The third-order valence-electron chi connectivity index (χ3n) is 6.46. The fourth-order valence-corrected chi connectivity index (χ4v) is 5.76. The Morgan fingerprint density at radius 1 is 1.10 bits per heavy atom. The van der Waals surface area contributed by atoms with Crippen molar-refractivity contribution >= 4 is 33.1 Å². The Hall–Kier alpha value is -2.28. The fraction of sp³-hybridized carbons (Fsp3) is 0.440. The number of rotatable bonds is 5. The monoisotopic (exact) mass is 434 g/mol. The quantitative estimate of drug-likeness (QED) is 0.600. The zero-order valence-electron chi connectivity index (χ0n) is 17.9. The van der Waals surface area contributed by atoms with Gasteiger partial charge in [0.1, 0.15) is 5.01 Å². The van der Waals surface area contributed by atoms with Crippen LogP contribution in [0.1, 0.15) is 37.7 Å². The van der Waals surface area contributed by atoms with E-state index in [0.29, 0.717) is 0 Å². The molecule has 5 nitrogen and oxygen atoms in total. The number of para-hydroxylation sites is 1. The fourth-order valence-electron chi connectivity index (χ4n) is 4.69. The summed E-state index contributed by atoms with van der Waals surface area (Å²) < 4.78 is 1.20. The first-order chi connectivity index (χ1) is 15.3. The minimum atomic E-state index is 0.143. The molecule has 2 N–H and O–H groups in total. The summed E-state index contributed by atoms with van der Waals surface area (Å²) in [5, 5.41) is 7.58. The summed E-state index contributed by atoms with van der Waals surface area (Å²) in [6.45, 7) is 5.31. The van der Waals surface area contributed by atoms with E-state index < -0.39 is 0 Å². The van der Waals surface area contributed by atoms with E-state index in [1.54, 1.807) is 11.3 Å². The first kappa shape index (κ1) is 20.6. The van der Waals surface area contributed by atoms with Crippen LogP contribution in [-0.2, 0) is 11.3 Å². The number of hydrogen-bond acceptors (Lipinski definition) is 5. The second-order valence-electron chi connectivity index (χ2n) is 8.72. The molecule has 0 spiro atoms. The molecule has 2 heterocycles. The molecule has 3 aromatic rings. The molecule has 1 amide bonds. The topological polar surface area (TPSA) is 57.3 Å². The molecule has 5 rings (SSSR count). The third kappa shape index (κ3) is 4.81. The second-order valence-corrected chi connectivity index (χ2v) is 9.75. The highest BCUT2D eigenvalue weighted by molar-refractivity contribution is 7.21. The summed E-state index contributed by atoms with van der Waals surface area (Å²) >= 11 is 1.71. The van der Waals surface area contributed by atoms with Gasteiger partial charge >= 0.3 is 0 Å². The van der Waals surface area contributed by atoms with Crippen LogP contribution in [0.2, 0.25) is 0 Å². The van der Waals surface area contributed by atoms with E-state index in [1.807, 2.05) is 18.2 Å². The van der Waals surface area contributed by atoms with Crippen molar-refractivity contribution in [3.05, 3.63) is 48.0 Å². The average Bonchev–Trinajstić information content (AvgIpc) is 3.24. The SMILES string of the molecule is O=C(Nc1ccccc1-c1nc2ccc(CN3CCNCC3)cc2s1)C1CCCCC1. The van der Waals surface area contributed by atoms with Crippen LogP contribution in [0.5, 0.6) is 0 Å². The number of piperazine rings is 1. The minimum Gasteiger partial charge on any atom is -0.325 e. The van der Waals surface area contributed by atoms with Gasteiger partial charge in [-0.3, -0.25) is 9.69 Å². The smallest absolute Gasteiger partial charge is 0.227 e. The Morgan fingerprint density at radius 3 is 2.74 bits per heavy atom. The number of carbonyl (C=O) groups is 1. The number of amides is 1. The number of aromatic nitrogens is 1. The Labute approximate surface area is 187 Å². The largest absolute Gasteiger partial charge is 0.325 e. The van der Waals surface area contributed by atoms with Gasteiger partial charge in [0.15, 0.2) is 0 Å². The van der Waals surface area contributed by atoms with Crippen LogP contribution in [0.15, 0.2) is 42.5 Å². The summed E-state index contributed by atoms with van der Waals surface area (Å²) in [5.74, 6) is 0.302. The highest BCUT2D eigenvalue weighted by Crippen LogP contribution is 2.35. The van der Waals surface area contributed by atoms with E-state index in [1.165, 1.54) is 16.7 Å². The number of nitrogens with one attached hydrogen (secondary N) is 2.